The van der Waals surface area contributed by atoms with Crippen molar-refractivity contribution < 1.29 is 4.74 Å². The molecule has 96 valence electrons. The second-order valence-electron chi connectivity index (χ2n) is 4.24. The van der Waals surface area contributed by atoms with Crippen LogP contribution in [0.3, 0.4) is 0 Å². The number of unbranched alkanes of at least 4 members (excludes halogenated alkanes) is 3. The fraction of sp³-hybridized carbons (Fsp3) is 0.571. The van der Waals surface area contributed by atoms with Crippen molar-refractivity contribution in [1.82, 2.24) is 0 Å². The molecule has 0 radical (unpaired) electrons. The standard InChI is InChI=1S/C14H22ClNO/c1-2-3-4-5-8-17-11-13-7-6-12(10-16)9-14(13)15/h6-7,9H,2-5,8,10-11,16H2,1H3. The second-order valence-corrected chi connectivity index (χ2v) is 4.65. The van der Waals surface area contributed by atoms with E-state index in [1.54, 1.807) is 0 Å². The Hall–Kier alpha value is -0.570. The van der Waals surface area contributed by atoms with E-state index < -0.39 is 0 Å². The third-order valence-corrected chi connectivity index (χ3v) is 3.10. The summed E-state index contributed by atoms with van der Waals surface area (Å²) in [7, 11) is 0. The molecule has 0 amide bonds. The summed E-state index contributed by atoms with van der Waals surface area (Å²) < 4.78 is 5.60. The maximum absolute atomic E-state index is 6.14. The molecule has 0 saturated heterocycles. The van der Waals surface area contributed by atoms with E-state index in [1.807, 2.05) is 18.2 Å². The molecule has 2 nitrogen and oxygen atoms in total. The highest BCUT2D eigenvalue weighted by molar-refractivity contribution is 6.31. The van der Waals surface area contributed by atoms with Gasteiger partial charge in [-0.1, -0.05) is 49.9 Å². The first-order chi connectivity index (χ1) is 8.27. The van der Waals surface area contributed by atoms with Crippen LogP contribution in [-0.4, -0.2) is 6.61 Å². The first-order valence-corrected chi connectivity index (χ1v) is 6.70. The topological polar surface area (TPSA) is 35.2 Å². The van der Waals surface area contributed by atoms with Gasteiger partial charge in [0.2, 0.25) is 0 Å². The summed E-state index contributed by atoms with van der Waals surface area (Å²) in [6.07, 6.45) is 4.92. The Labute approximate surface area is 109 Å². The molecule has 0 saturated carbocycles. The Morgan fingerprint density at radius 1 is 1.24 bits per heavy atom. The number of hydrogen-bond donors (Lipinski definition) is 1. The Morgan fingerprint density at radius 3 is 2.71 bits per heavy atom. The van der Waals surface area contributed by atoms with Gasteiger partial charge in [-0.2, -0.15) is 0 Å². The van der Waals surface area contributed by atoms with Gasteiger partial charge in [0, 0.05) is 18.2 Å². The van der Waals surface area contributed by atoms with E-state index in [1.165, 1.54) is 19.3 Å². The highest BCUT2D eigenvalue weighted by Crippen LogP contribution is 2.18. The molecule has 2 N–H and O–H groups in total. The van der Waals surface area contributed by atoms with Gasteiger partial charge in [0.25, 0.3) is 0 Å². The lowest BCUT2D eigenvalue weighted by Gasteiger charge is -2.07. The largest absolute Gasteiger partial charge is 0.377 e. The third kappa shape index (κ3) is 5.53. The molecule has 0 heterocycles. The van der Waals surface area contributed by atoms with E-state index in [9.17, 15) is 0 Å². The molecule has 0 aliphatic carbocycles. The number of hydrogen-bond acceptors (Lipinski definition) is 2. The van der Waals surface area contributed by atoms with E-state index in [4.69, 9.17) is 22.1 Å². The minimum absolute atomic E-state index is 0.526. The van der Waals surface area contributed by atoms with E-state index in [2.05, 4.69) is 6.92 Å². The normalized spacial score (nSPS) is 10.8. The number of rotatable bonds is 8. The molecule has 1 aromatic rings. The van der Waals surface area contributed by atoms with Gasteiger partial charge in [0.15, 0.2) is 0 Å². The molecule has 0 aliphatic heterocycles. The molecule has 0 unspecified atom stereocenters. The van der Waals surface area contributed by atoms with Crippen LogP contribution in [0.15, 0.2) is 18.2 Å². The van der Waals surface area contributed by atoms with Crippen molar-refractivity contribution in [2.24, 2.45) is 5.73 Å². The van der Waals surface area contributed by atoms with Crippen molar-refractivity contribution in [2.75, 3.05) is 6.61 Å². The van der Waals surface area contributed by atoms with Crippen molar-refractivity contribution in [3.05, 3.63) is 34.3 Å². The summed E-state index contributed by atoms with van der Waals surface area (Å²) in [4.78, 5) is 0. The van der Waals surface area contributed by atoms with Crippen molar-refractivity contribution in [3.8, 4) is 0 Å². The van der Waals surface area contributed by atoms with Crippen molar-refractivity contribution in [2.45, 2.75) is 45.8 Å². The molecule has 1 aromatic carbocycles. The van der Waals surface area contributed by atoms with Crippen LogP contribution in [-0.2, 0) is 17.9 Å². The van der Waals surface area contributed by atoms with Crippen LogP contribution in [0.1, 0.15) is 43.7 Å². The smallest absolute Gasteiger partial charge is 0.0731 e. The van der Waals surface area contributed by atoms with Crippen molar-refractivity contribution >= 4 is 11.6 Å². The molecule has 1 rings (SSSR count). The van der Waals surface area contributed by atoms with Gasteiger partial charge in [-0.05, 0) is 23.6 Å². The predicted molar refractivity (Wildman–Crippen MR) is 73.1 cm³/mol. The predicted octanol–water partition coefficient (Wildman–Crippen LogP) is 3.90. The van der Waals surface area contributed by atoms with Gasteiger partial charge in [-0.25, -0.2) is 0 Å². The van der Waals surface area contributed by atoms with Gasteiger partial charge in [-0.3, -0.25) is 0 Å². The Balaban J connectivity index is 2.27. The lowest BCUT2D eigenvalue weighted by molar-refractivity contribution is 0.117. The summed E-state index contributed by atoms with van der Waals surface area (Å²) in [5, 5.41) is 0.751. The monoisotopic (exact) mass is 255 g/mol. The second kappa shape index (κ2) is 8.51. The van der Waals surface area contributed by atoms with Gasteiger partial charge in [0.1, 0.15) is 0 Å². The zero-order valence-electron chi connectivity index (χ0n) is 10.5. The molecular formula is C14H22ClNO. The summed E-state index contributed by atoms with van der Waals surface area (Å²) in [5.41, 5.74) is 7.65. The molecule has 3 heteroatoms. The molecule has 0 atom stereocenters. The summed E-state index contributed by atoms with van der Waals surface area (Å²) in [6.45, 7) is 4.14. The van der Waals surface area contributed by atoms with Crippen LogP contribution in [0.25, 0.3) is 0 Å². The van der Waals surface area contributed by atoms with Gasteiger partial charge in [-0.15, -0.1) is 0 Å². The lowest BCUT2D eigenvalue weighted by atomic mass is 10.1. The number of ether oxygens (including phenoxy) is 1. The van der Waals surface area contributed by atoms with Crippen molar-refractivity contribution in [1.29, 1.82) is 0 Å². The fourth-order valence-electron chi connectivity index (χ4n) is 1.65. The summed E-state index contributed by atoms with van der Waals surface area (Å²) in [5.74, 6) is 0. The fourth-order valence-corrected chi connectivity index (χ4v) is 1.91. The molecule has 0 fully saturated rings. The molecule has 0 aliphatic rings. The van der Waals surface area contributed by atoms with E-state index in [0.29, 0.717) is 13.2 Å². The van der Waals surface area contributed by atoms with Gasteiger partial charge < -0.3 is 10.5 Å². The van der Waals surface area contributed by atoms with Crippen LogP contribution in [0, 0.1) is 0 Å². The van der Waals surface area contributed by atoms with Gasteiger partial charge >= 0.3 is 0 Å². The molecule has 0 spiro atoms. The number of halogens is 1. The van der Waals surface area contributed by atoms with Crippen LogP contribution in [0.5, 0.6) is 0 Å². The highest BCUT2D eigenvalue weighted by atomic mass is 35.5. The first kappa shape index (κ1) is 14.5. The Morgan fingerprint density at radius 2 is 2.06 bits per heavy atom. The molecular weight excluding hydrogens is 234 g/mol. The maximum atomic E-state index is 6.14. The van der Waals surface area contributed by atoms with E-state index in [0.717, 1.165) is 29.2 Å². The number of nitrogens with two attached hydrogens (primary N) is 1. The molecule has 0 aromatic heterocycles. The SMILES string of the molecule is CCCCCCOCc1ccc(CN)cc1Cl. The van der Waals surface area contributed by atoms with Crippen molar-refractivity contribution in [3.63, 3.8) is 0 Å². The average Bonchev–Trinajstić information content (AvgIpc) is 2.35. The van der Waals surface area contributed by atoms with Crippen LogP contribution in [0.4, 0.5) is 0 Å². The van der Waals surface area contributed by atoms with E-state index in [-0.39, 0.29) is 0 Å². The minimum atomic E-state index is 0.526. The maximum Gasteiger partial charge on any atom is 0.0731 e. The lowest BCUT2D eigenvalue weighted by Crippen LogP contribution is -1.99. The average molecular weight is 256 g/mol. The van der Waals surface area contributed by atoms with E-state index >= 15 is 0 Å². The van der Waals surface area contributed by atoms with Crippen LogP contribution >= 0.6 is 11.6 Å². The zero-order valence-corrected chi connectivity index (χ0v) is 11.3. The first-order valence-electron chi connectivity index (χ1n) is 6.33. The quantitative estimate of drug-likeness (QED) is 0.715. The van der Waals surface area contributed by atoms with Crippen LogP contribution in [0.2, 0.25) is 5.02 Å². The molecule has 17 heavy (non-hydrogen) atoms. The highest BCUT2D eigenvalue weighted by Gasteiger charge is 2.01. The Bertz CT molecular complexity index is 328. The zero-order chi connectivity index (χ0) is 12.5. The minimum Gasteiger partial charge on any atom is -0.377 e. The third-order valence-electron chi connectivity index (χ3n) is 2.75. The molecule has 0 bridgehead atoms. The number of benzene rings is 1. The summed E-state index contributed by atoms with van der Waals surface area (Å²) >= 11 is 6.14. The van der Waals surface area contributed by atoms with Gasteiger partial charge in [0.05, 0.1) is 6.61 Å². The Kier molecular flexibility index (Phi) is 7.25. The van der Waals surface area contributed by atoms with Crippen LogP contribution < -0.4 is 5.73 Å². The summed E-state index contributed by atoms with van der Waals surface area (Å²) in [6, 6.07) is 5.91.